The van der Waals surface area contributed by atoms with Gasteiger partial charge in [0.15, 0.2) is 0 Å². The summed E-state index contributed by atoms with van der Waals surface area (Å²) in [5, 5.41) is 0. The fraction of sp³-hybridized carbons (Fsp3) is 0.0769. The molecule has 0 N–H and O–H groups in total. The molecule has 14 heavy (non-hydrogen) atoms. The van der Waals surface area contributed by atoms with Crippen molar-refractivity contribution in [3.05, 3.63) is 59.9 Å². The number of rotatable bonds is 1. The number of hydrogen-bond acceptors (Lipinski definition) is 0. The monoisotopic (exact) mass is 185 g/mol. The smallest absolute Gasteiger partial charge is 0.123 e. The van der Waals surface area contributed by atoms with Crippen LogP contribution in [0.4, 0.5) is 4.39 Å². The van der Waals surface area contributed by atoms with Crippen molar-refractivity contribution < 1.29 is 4.39 Å². The van der Waals surface area contributed by atoms with Crippen molar-refractivity contribution >= 4 is 0 Å². The molecule has 0 fully saturated rings. The van der Waals surface area contributed by atoms with E-state index in [0.29, 0.717) is 0 Å². The zero-order valence-corrected chi connectivity index (χ0v) is 7.92. The van der Waals surface area contributed by atoms with E-state index in [4.69, 9.17) is 0 Å². The van der Waals surface area contributed by atoms with Crippen LogP contribution in [0.15, 0.2) is 42.5 Å². The molecule has 0 aliphatic heterocycles. The van der Waals surface area contributed by atoms with E-state index in [1.807, 2.05) is 25.1 Å². The van der Waals surface area contributed by atoms with Crippen molar-refractivity contribution in [2.75, 3.05) is 0 Å². The summed E-state index contributed by atoms with van der Waals surface area (Å²) in [5.74, 6) is -0.207. The highest BCUT2D eigenvalue weighted by atomic mass is 19.1. The first-order valence-corrected chi connectivity index (χ1v) is 4.50. The van der Waals surface area contributed by atoms with E-state index >= 15 is 0 Å². The lowest BCUT2D eigenvalue weighted by molar-refractivity contribution is 0.628. The van der Waals surface area contributed by atoms with E-state index in [9.17, 15) is 4.39 Å². The predicted octanol–water partition coefficient (Wildman–Crippen LogP) is 3.60. The Morgan fingerprint density at radius 1 is 1.07 bits per heavy atom. The highest BCUT2D eigenvalue weighted by Crippen LogP contribution is 2.19. The first-order valence-electron chi connectivity index (χ1n) is 4.50. The minimum atomic E-state index is -0.207. The fourth-order valence-corrected chi connectivity index (χ4v) is 1.38. The van der Waals surface area contributed by atoms with Crippen LogP contribution in [0.2, 0.25) is 0 Å². The number of halogens is 1. The molecule has 2 aromatic carbocycles. The molecule has 0 aromatic heterocycles. The van der Waals surface area contributed by atoms with Gasteiger partial charge in [-0.25, -0.2) is 4.39 Å². The largest absolute Gasteiger partial charge is 0.207 e. The van der Waals surface area contributed by atoms with Gasteiger partial charge in [0.1, 0.15) is 5.82 Å². The Hall–Kier alpha value is -1.63. The van der Waals surface area contributed by atoms with Gasteiger partial charge < -0.3 is 0 Å². The molecule has 1 heteroatoms. The Balaban J connectivity index is 2.44. The topological polar surface area (TPSA) is 0 Å². The molecule has 0 amide bonds. The van der Waals surface area contributed by atoms with Crippen molar-refractivity contribution in [1.82, 2.24) is 0 Å². The quantitative estimate of drug-likeness (QED) is 0.636. The van der Waals surface area contributed by atoms with Crippen molar-refractivity contribution in [1.29, 1.82) is 0 Å². The summed E-state index contributed by atoms with van der Waals surface area (Å²) in [6, 6.07) is 15.5. The molecule has 2 aromatic rings. The normalized spacial score (nSPS) is 10.1. The SMILES string of the molecule is Cc1cc[c]c(-c2ccc(F)cc2)c1. The Labute approximate surface area is 83.0 Å². The number of benzene rings is 2. The maximum absolute atomic E-state index is 12.7. The van der Waals surface area contributed by atoms with Crippen LogP contribution >= 0.6 is 0 Å². The minimum Gasteiger partial charge on any atom is -0.207 e. The molecule has 0 heterocycles. The van der Waals surface area contributed by atoms with Crippen molar-refractivity contribution in [2.24, 2.45) is 0 Å². The van der Waals surface area contributed by atoms with Crippen LogP contribution in [0, 0.1) is 18.8 Å². The van der Waals surface area contributed by atoms with E-state index in [1.165, 1.54) is 17.7 Å². The van der Waals surface area contributed by atoms with Crippen LogP contribution < -0.4 is 0 Å². The first-order chi connectivity index (χ1) is 6.75. The lowest BCUT2D eigenvalue weighted by Gasteiger charge is -2.01. The van der Waals surface area contributed by atoms with Crippen molar-refractivity contribution in [3.8, 4) is 11.1 Å². The zero-order valence-electron chi connectivity index (χ0n) is 7.92. The Morgan fingerprint density at radius 3 is 2.43 bits per heavy atom. The molecule has 0 atom stereocenters. The summed E-state index contributed by atoms with van der Waals surface area (Å²) in [6.45, 7) is 2.03. The highest BCUT2D eigenvalue weighted by Gasteiger charge is 1.97. The molecule has 0 unspecified atom stereocenters. The van der Waals surface area contributed by atoms with Gasteiger partial charge in [0, 0.05) is 0 Å². The Bertz CT molecular complexity index is 429. The van der Waals surface area contributed by atoms with Gasteiger partial charge in [0.2, 0.25) is 0 Å². The van der Waals surface area contributed by atoms with Gasteiger partial charge in [0.05, 0.1) is 0 Å². The molecular formula is C13H10F. The van der Waals surface area contributed by atoms with Crippen LogP contribution in [-0.2, 0) is 0 Å². The molecule has 0 saturated heterocycles. The third kappa shape index (κ3) is 1.82. The maximum Gasteiger partial charge on any atom is 0.123 e. The minimum absolute atomic E-state index is 0.207. The van der Waals surface area contributed by atoms with Gasteiger partial charge in [-0.2, -0.15) is 0 Å². The summed E-state index contributed by atoms with van der Waals surface area (Å²) < 4.78 is 12.7. The lowest BCUT2D eigenvalue weighted by atomic mass is 10.0. The zero-order chi connectivity index (χ0) is 9.97. The van der Waals surface area contributed by atoms with Gasteiger partial charge in [-0.1, -0.05) is 35.9 Å². The summed E-state index contributed by atoms with van der Waals surface area (Å²) in [5.41, 5.74) is 3.18. The van der Waals surface area contributed by atoms with Crippen LogP contribution in [0.3, 0.4) is 0 Å². The predicted molar refractivity (Wildman–Crippen MR) is 55.4 cm³/mol. The molecule has 0 aliphatic carbocycles. The molecule has 0 spiro atoms. The average Bonchev–Trinajstić information content (AvgIpc) is 2.19. The number of aryl methyl sites for hydroxylation is 1. The second kappa shape index (κ2) is 3.62. The summed E-state index contributed by atoms with van der Waals surface area (Å²) in [4.78, 5) is 0. The van der Waals surface area contributed by atoms with Gasteiger partial charge in [-0.15, -0.1) is 0 Å². The molecule has 0 aliphatic rings. The van der Waals surface area contributed by atoms with Crippen LogP contribution in [0.25, 0.3) is 11.1 Å². The molecule has 69 valence electrons. The second-order valence-electron chi connectivity index (χ2n) is 3.29. The molecule has 2 rings (SSSR count). The van der Waals surface area contributed by atoms with E-state index in [1.54, 1.807) is 12.1 Å². The third-order valence-electron chi connectivity index (χ3n) is 2.11. The van der Waals surface area contributed by atoms with Crippen LogP contribution in [-0.4, -0.2) is 0 Å². The number of hydrogen-bond donors (Lipinski definition) is 0. The fourth-order valence-electron chi connectivity index (χ4n) is 1.38. The third-order valence-corrected chi connectivity index (χ3v) is 2.11. The molecular weight excluding hydrogens is 175 g/mol. The Morgan fingerprint density at radius 2 is 1.79 bits per heavy atom. The van der Waals surface area contributed by atoms with Gasteiger partial charge in [-0.05, 0) is 36.2 Å². The summed E-state index contributed by atoms with van der Waals surface area (Å²) >= 11 is 0. The Kier molecular flexibility index (Phi) is 2.32. The molecule has 0 bridgehead atoms. The van der Waals surface area contributed by atoms with Crippen LogP contribution in [0.1, 0.15) is 5.56 Å². The molecule has 1 radical (unpaired) electrons. The van der Waals surface area contributed by atoms with E-state index in [-0.39, 0.29) is 5.82 Å². The maximum atomic E-state index is 12.7. The van der Waals surface area contributed by atoms with Gasteiger partial charge >= 0.3 is 0 Å². The second-order valence-corrected chi connectivity index (χ2v) is 3.29. The summed E-state index contributed by atoms with van der Waals surface area (Å²) in [6.07, 6.45) is 0. The van der Waals surface area contributed by atoms with E-state index in [2.05, 4.69) is 6.07 Å². The standard InChI is InChI=1S/C13H10F/c1-10-3-2-4-12(9-10)11-5-7-13(14)8-6-11/h2-3,5-9H,1H3. The summed E-state index contributed by atoms with van der Waals surface area (Å²) in [7, 11) is 0. The molecule has 0 saturated carbocycles. The average molecular weight is 185 g/mol. The van der Waals surface area contributed by atoms with E-state index < -0.39 is 0 Å². The van der Waals surface area contributed by atoms with Crippen molar-refractivity contribution in [2.45, 2.75) is 6.92 Å². The van der Waals surface area contributed by atoms with Crippen LogP contribution in [0.5, 0.6) is 0 Å². The highest BCUT2D eigenvalue weighted by molar-refractivity contribution is 5.63. The van der Waals surface area contributed by atoms with Gasteiger partial charge in [-0.3, -0.25) is 0 Å². The van der Waals surface area contributed by atoms with Gasteiger partial charge in [0.25, 0.3) is 0 Å². The van der Waals surface area contributed by atoms with E-state index in [0.717, 1.165) is 11.1 Å². The first kappa shape index (κ1) is 8.95. The van der Waals surface area contributed by atoms with Crippen molar-refractivity contribution in [3.63, 3.8) is 0 Å². The molecule has 0 nitrogen and oxygen atoms in total. The lowest BCUT2D eigenvalue weighted by Crippen LogP contribution is -1.80.